The molecular formula is C10H10ClN3O4. The molecule has 2 unspecified atom stereocenters. The van der Waals surface area contributed by atoms with E-state index in [1.165, 1.54) is 12.5 Å². The van der Waals surface area contributed by atoms with Crippen molar-refractivity contribution in [2.45, 2.75) is 18.6 Å². The molecule has 0 amide bonds. The summed E-state index contributed by atoms with van der Waals surface area (Å²) in [5, 5.41) is 28.2. The van der Waals surface area contributed by atoms with Gasteiger partial charge in [-0.1, -0.05) is 11.6 Å². The van der Waals surface area contributed by atoms with Crippen LogP contribution in [-0.4, -0.2) is 42.3 Å². The number of hydrogen-bond acceptors (Lipinski definition) is 5. The van der Waals surface area contributed by atoms with Crippen LogP contribution in [0, 0.1) is 0 Å². The SMILES string of the molecule is O=C(O)CC(O)C(O)c1c[nH]c2c(Cl)ncnc12. The highest BCUT2D eigenvalue weighted by Gasteiger charge is 2.24. The second kappa shape index (κ2) is 4.89. The summed E-state index contributed by atoms with van der Waals surface area (Å²) in [7, 11) is 0. The van der Waals surface area contributed by atoms with E-state index in [0.29, 0.717) is 11.0 Å². The van der Waals surface area contributed by atoms with Crippen LogP contribution >= 0.6 is 11.6 Å². The lowest BCUT2D eigenvalue weighted by Gasteiger charge is -2.14. The van der Waals surface area contributed by atoms with Crippen LogP contribution in [0.15, 0.2) is 12.5 Å². The molecule has 2 rings (SSSR count). The quantitative estimate of drug-likeness (QED) is 0.601. The molecular weight excluding hydrogens is 262 g/mol. The third kappa shape index (κ3) is 2.28. The minimum Gasteiger partial charge on any atom is -0.481 e. The van der Waals surface area contributed by atoms with Crippen molar-refractivity contribution in [3.05, 3.63) is 23.2 Å². The van der Waals surface area contributed by atoms with Gasteiger partial charge in [0.25, 0.3) is 0 Å². The van der Waals surface area contributed by atoms with Crippen LogP contribution in [0.3, 0.4) is 0 Å². The lowest BCUT2D eigenvalue weighted by Crippen LogP contribution is -2.21. The van der Waals surface area contributed by atoms with Gasteiger partial charge in [0.2, 0.25) is 0 Å². The number of hydrogen-bond donors (Lipinski definition) is 4. The van der Waals surface area contributed by atoms with Crippen molar-refractivity contribution < 1.29 is 20.1 Å². The lowest BCUT2D eigenvalue weighted by molar-refractivity contribution is -0.141. The standard InChI is InChI=1S/C10H10ClN3O4/c11-10-8-7(13-3-14-10)4(2-12-8)9(18)5(15)1-6(16)17/h2-3,5,9,12,15,18H,1H2,(H,16,17). The van der Waals surface area contributed by atoms with Gasteiger partial charge in [0, 0.05) is 11.8 Å². The average molecular weight is 272 g/mol. The molecule has 0 aliphatic heterocycles. The molecule has 7 nitrogen and oxygen atoms in total. The second-order valence-electron chi connectivity index (χ2n) is 3.74. The normalized spacial score (nSPS) is 14.6. The van der Waals surface area contributed by atoms with Crippen LogP contribution in [0.1, 0.15) is 18.1 Å². The van der Waals surface area contributed by atoms with E-state index in [4.69, 9.17) is 16.7 Å². The molecule has 0 aromatic carbocycles. The Bertz CT molecular complexity index is 586. The number of carboxylic acids is 1. The number of aromatic amines is 1. The Balaban J connectivity index is 2.36. The number of rotatable bonds is 4. The number of halogens is 1. The van der Waals surface area contributed by atoms with E-state index in [0.717, 1.165) is 0 Å². The Labute approximate surface area is 106 Å². The predicted molar refractivity (Wildman–Crippen MR) is 62.1 cm³/mol. The molecule has 0 saturated heterocycles. The van der Waals surface area contributed by atoms with Crippen molar-refractivity contribution in [1.29, 1.82) is 0 Å². The summed E-state index contributed by atoms with van der Waals surface area (Å²) < 4.78 is 0. The first-order valence-electron chi connectivity index (χ1n) is 5.06. The van der Waals surface area contributed by atoms with Crippen LogP contribution in [0.4, 0.5) is 0 Å². The molecule has 0 spiro atoms. The monoisotopic (exact) mass is 271 g/mol. The fourth-order valence-electron chi connectivity index (χ4n) is 1.65. The predicted octanol–water partition coefficient (Wildman–Crippen LogP) is 0.480. The van der Waals surface area contributed by atoms with Crippen molar-refractivity contribution in [3.8, 4) is 0 Å². The summed E-state index contributed by atoms with van der Waals surface area (Å²) in [4.78, 5) is 20.9. The zero-order chi connectivity index (χ0) is 13.3. The van der Waals surface area contributed by atoms with E-state index >= 15 is 0 Å². The van der Waals surface area contributed by atoms with Crippen molar-refractivity contribution in [3.63, 3.8) is 0 Å². The van der Waals surface area contributed by atoms with Crippen LogP contribution in [0.25, 0.3) is 11.0 Å². The summed E-state index contributed by atoms with van der Waals surface area (Å²) in [6.45, 7) is 0. The number of nitrogens with one attached hydrogen (secondary N) is 1. The van der Waals surface area contributed by atoms with Gasteiger partial charge >= 0.3 is 5.97 Å². The van der Waals surface area contributed by atoms with Crippen molar-refractivity contribution in [2.75, 3.05) is 0 Å². The van der Waals surface area contributed by atoms with E-state index in [1.807, 2.05) is 0 Å². The van der Waals surface area contributed by atoms with Crippen molar-refractivity contribution in [2.24, 2.45) is 0 Å². The van der Waals surface area contributed by atoms with E-state index < -0.39 is 24.6 Å². The average Bonchev–Trinajstić information content (AvgIpc) is 2.72. The summed E-state index contributed by atoms with van der Waals surface area (Å²) in [6, 6.07) is 0. The molecule has 0 fully saturated rings. The molecule has 4 N–H and O–H groups in total. The highest BCUT2D eigenvalue weighted by Crippen LogP contribution is 2.28. The molecule has 0 saturated carbocycles. The first-order chi connectivity index (χ1) is 8.50. The van der Waals surface area contributed by atoms with Crippen LogP contribution in [0.5, 0.6) is 0 Å². The third-order valence-electron chi connectivity index (χ3n) is 2.51. The number of carbonyl (C=O) groups is 1. The van der Waals surface area contributed by atoms with E-state index in [2.05, 4.69) is 15.0 Å². The molecule has 2 aromatic heterocycles. The zero-order valence-corrected chi connectivity index (χ0v) is 9.79. The minimum absolute atomic E-state index is 0.186. The smallest absolute Gasteiger partial charge is 0.306 e. The van der Waals surface area contributed by atoms with Crippen LogP contribution < -0.4 is 0 Å². The molecule has 2 aromatic rings. The maximum absolute atomic E-state index is 10.5. The van der Waals surface area contributed by atoms with Gasteiger partial charge < -0.3 is 20.3 Å². The summed E-state index contributed by atoms with van der Waals surface area (Å²) in [6.07, 6.45) is -0.706. The van der Waals surface area contributed by atoms with Crippen molar-refractivity contribution in [1.82, 2.24) is 15.0 Å². The first-order valence-corrected chi connectivity index (χ1v) is 5.44. The van der Waals surface area contributed by atoms with Crippen LogP contribution in [-0.2, 0) is 4.79 Å². The number of fused-ring (bicyclic) bond motifs is 1. The Morgan fingerprint density at radius 3 is 2.83 bits per heavy atom. The van der Waals surface area contributed by atoms with Gasteiger partial charge in [0.15, 0.2) is 5.15 Å². The molecule has 8 heteroatoms. The summed E-state index contributed by atoms with van der Waals surface area (Å²) >= 11 is 5.82. The topological polar surface area (TPSA) is 119 Å². The molecule has 96 valence electrons. The fraction of sp³-hybridized carbons (Fsp3) is 0.300. The number of carboxylic acid groups (broad SMARTS) is 1. The third-order valence-corrected chi connectivity index (χ3v) is 2.80. The maximum atomic E-state index is 10.5. The molecule has 2 heterocycles. The van der Waals surface area contributed by atoms with Gasteiger partial charge in [-0.15, -0.1) is 0 Å². The van der Waals surface area contributed by atoms with Crippen molar-refractivity contribution >= 4 is 28.6 Å². The highest BCUT2D eigenvalue weighted by atomic mass is 35.5. The Kier molecular flexibility index (Phi) is 3.46. The molecule has 0 bridgehead atoms. The van der Waals surface area contributed by atoms with E-state index in [1.54, 1.807) is 0 Å². The lowest BCUT2D eigenvalue weighted by atomic mass is 10.0. The van der Waals surface area contributed by atoms with Gasteiger partial charge in [0.05, 0.1) is 18.0 Å². The number of aliphatic carboxylic acids is 1. The number of H-pyrrole nitrogens is 1. The van der Waals surface area contributed by atoms with Crippen LogP contribution in [0.2, 0.25) is 5.15 Å². The molecule has 18 heavy (non-hydrogen) atoms. The van der Waals surface area contributed by atoms with E-state index in [-0.39, 0.29) is 10.7 Å². The molecule has 0 aliphatic rings. The summed E-state index contributed by atoms with van der Waals surface area (Å²) in [5.41, 5.74) is 1.06. The molecule has 0 radical (unpaired) electrons. The second-order valence-corrected chi connectivity index (χ2v) is 4.10. The Morgan fingerprint density at radius 1 is 1.44 bits per heavy atom. The molecule has 2 atom stereocenters. The zero-order valence-electron chi connectivity index (χ0n) is 9.04. The number of aromatic nitrogens is 3. The Morgan fingerprint density at radius 2 is 2.17 bits per heavy atom. The van der Waals surface area contributed by atoms with Gasteiger partial charge in [-0.05, 0) is 0 Å². The summed E-state index contributed by atoms with van der Waals surface area (Å²) in [5.74, 6) is -1.20. The largest absolute Gasteiger partial charge is 0.481 e. The maximum Gasteiger partial charge on any atom is 0.306 e. The number of aliphatic hydroxyl groups is 2. The van der Waals surface area contributed by atoms with E-state index in [9.17, 15) is 15.0 Å². The van der Waals surface area contributed by atoms with Gasteiger partial charge in [-0.2, -0.15) is 0 Å². The van der Waals surface area contributed by atoms with Gasteiger partial charge in [-0.25, -0.2) is 9.97 Å². The highest BCUT2D eigenvalue weighted by molar-refractivity contribution is 6.33. The molecule has 0 aliphatic carbocycles. The number of nitrogens with zero attached hydrogens (tertiary/aromatic N) is 2. The Hall–Kier alpha value is -1.70. The fourth-order valence-corrected chi connectivity index (χ4v) is 1.84. The van der Waals surface area contributed by atoms with Gasteiger partial charge in [-0.3, -0.25) is 4.79 Å². The minimum atomic E-state index is -1.42. The number of aliphatic hydroxyl groups excluding tert-OH is 2. The van der Waals surface area contributed by atoms with Gasteiger partial charge in [0.1, 0.15) is 17.9 Å². The first kappa shape index (κ1) is 12.7.